The van der Waals surface area contributed by atoms with Crippen molar-refractivity contribution in [2.24, 2.45) is 0 Å². The molecule has 0 saturated heterocycles. The van der Waals surface area contributed by atoms with Crippen LogP contribution in [0.4, 0.5) is 0 Å². The molecule has 1 aromatic heterocycles. The van der Waals surface area contributed by atoms with E-state index in [9.17, 15) is 0 Å². The fourth-order valence-corrected chi connectivity index (χ4v) is 2.62. The van der Waals surface area contributed by atoms with Gasteiger partial charge in [-0.05, 0) is 19.5 Å². The molecule has 0 aliphatic rings. The maximum absolute atomic E-state index is 4.29. The monoisotopic (exact) mass is 218 g/mol. The Morgan fingerprint density at radius 2 is 2.00 bits per heavy atom. The van der Waals surface area contributed by atoms with Crippen LogP contribution in [0.5, 0.6) is 0 Å². The highest BCUT2D eigenvalue weighted by molar-refractivity contribution is 7.09. The molecule has 1 unspecified atom stereocenters. The van der Waals surface area contributed by atoms with Crippen LogP contribution >= 0.6 is 11.3 Å². The van der Waals surface area contributed by atoms with Gasteiger partial charge in [-0.1, -0.05) is 30.3 Å². The number of benzene rings is 1. The van der Waals surface area contributed by atoms with Crippen LogP contribution in [0, 0.1) is 6.92 Å². The molecule has 0 radical (unpaired) electrons. The fourth-order valence-electron chi connectivity index (χ4n) is 1.68. The summed E-state index contributed by atoms with van der Waals surface area (Å²) in [5, 5.41) is 3.33. The summed E-state index contributed by atoms with van der Waals surface area (Å²) < 4.78 is 0. The number of nitrogens with zero attached hydrogens (tertiary/aromatic N) is 1. The van der Waals surface area contributed by atoms with Gasteiger partial charge in [-0.2, -0.15) is 0 Å². The minimum Gasteiger partial charge on any atom is -0.309 e. The molecule has 1 heterocycles. The summed E-state index contributed by atoms with van der Waals surface area (Å²) in [5.41, 5.74) is 4.30. The average Bonchev–Trinajstić information content (AvgIpc) is 2.68. The minimum atomic E-state index is 0.263. The van der Waals surface area contributed by atoms with Crippen LogP contribution in [0.3, 0.4) is 0 Å². The van der Waals surface area contributed by atoms with E-state index in [0.29, 0.717) is 0 Å². The number of nitrogens with one attached hydrogen (secondary N) is 1. The third kappa shape index (κ3) is 2.08. The van der Waals surface area contributed by atoms with Gasteiger partial charge in [0, 0.05) is 4.88 Å². The molecule has 0 aliphatic carbocycles. The molecule has 0 aliphatic heterocycles. The molecule has 78 valence electrons. The van der Waals surface area contributed by atoms with Gasteiger partial charge in [0.2, 0.25) is 0 Å². The summed E-state index contributed by atoms with van der Waals surface area (Å²) in [6.07, 6.45) is 0. The zero-order chi connectivity index (χ0) is 10.7. The second-order valence-corrected chi connectivity index (χ2v) is 4.32. The Morgan fingerprint density at radius 1 is 1.27 bits per heavy atom. The zero-order valence-corrected chi connectivity index (χ0v) is 9.71. The van der Waals surface area contributed by atoms with Gasteiger partial charge < -0.3 is 5.32 Å². The highest BCUT2D eigenvalue weighted by Crippen LogP contribution is 2.27. The number of thiazole rings is 1. The smallest absolute Gasteiger partial charge is 0.0798 e. The topological polar surface area (TPSA) is 24.9 Å². The minimum absolute atomic E-state index is 0.263. The Balaban J connectivity index is 2.37. The van der Waals surface area contributed by atoms with Crippen molar-refractivity contribution in [1.82, 2.24) is 10.3 Å². The molecule has 0 saturated carbocycles. The second-order valence-electron chi connectivity index (χ2n) is 3.43. The normalized spacial score (nSPS) is 12.7. The maximum atomic E-state index is 4.29. The molecule has 0 bridgehead atoms. The zero-order valence-electron chi connectivity index (χ0n) is 8.90. The van der Waals surface area contributed by atoms with Crippen molar-refractivity contribution in [2.45, 2.75) is 13.0 Å². The van der Waals surface area contributed by atoms with E-state index in [4.69, 9.17) is 0 Å². The van der Waals surface area contributed by atoms with Crippen LogP contribution in [0.25, 0.3) is 0 Å². The molecule has 2 nitrogen and oxygen atoms in total. The molecule has 15 heavy (non-hydrogen) atoms. The van der Waals surface area contributed by atoms with Gasteiger partial charge in [-0.15, -0.1) is 11.3 Å². The van der Waals surface area contributed by atoms with Gasteiger partial charge in [-0.3, -0.25) is 0 Å². The van der Waals surface area contributed by atoms with Gasteiger partial charge >= 0.3 is 0 Å². The number of hydrogen-bond acceptors (Lipinski definition) is 3. The van der Waals surface area contributed by atoms with Crippen molar-refractivity contribution < 1.29 is 0 Å². The number of rotatable bonds is 3. The molecule has 3 heteroatoms. The lowest BCUT2D eigenvalue weighted by Crippen LogP contribution is -2.17. The summed E-state index contributed by atoms with van der Waals surface area (Å²) in [6.45, 7) is 2.05. The summed E-state index contributed by atoms with van der Waals surface area (Å²) in [4.78, 5) is 5.58. The lowest BCUT2D eigenvalue weighted by molar-refractivity contribution is 0.698. The molecule has 0 fully saturated rings. The first kappa shape index (κ1) is 10.3. The molecular formula is C12H14N2S. The second kappa shape index (κ2) is 4.55. The van der Waals surface area contributed by atoms with E-state index in [-0.39, 0.29) is 6.04 Å². The lowest BCUT2D eigenvalue weighted by Gasteiger charge is -2.15. The summed E-state index contributed by atoms with van der Waals surface area (Å²) in [6, 6.07) is 10.7. The van der Waals surface area contributed by atoms with Crippen LogP contribution in [-0.2, 0) is 0 Å². The summed E-state index contributed by atoms with van der Waals surface area (Å²) in [5.74, 6) is 0. The SMILES string of the molecule is CNC(c1ccccc1)c1scnc1C. The van der Waals surface area contributed by atoms with E-state index >= 15 is 0 Å². The predicted octanol–water partition coefficient (Wildman–Crippen LogP) is 2.76. The highest BCUT2D eigenvalue weighted by Gasteiger charge is 2.15. The van der Waals surface area contributed by atoms with Crippen LogP contribution in [0.15, 0.2) is 35.8 Å². The van der Waals surface area contributed by atoms with Crippen LogP contribution in [0.2, 0.25) is 0 Å². The first-order valence-electron chi connectivity index (χ1n) is 4.95. The first-order valence-corrected chi connectivity index (χ1v) is 5.83. The van der Waals surface area contributed by atoms with Crippen molar-refractivity contribution in [3.8, 4) is 0 Å². The third-order valence-corrected chi connectivity index (χ3v) is 3.46. The van der Waals surface area contributed by atoms with Crippen LogP contribution < -0.4 is 5.32 Å². The van der Waals surface area contributed by atoms with Crippen molar-refractivity contribution in [2.75, 3.05) is 7.05 Å². The highest BCUT2D eigenvalue weighted by atomic mass is 32.1. The van der Waals surface area contributed by atoms with Gasteiger partial charge in [0.25, 0.3) is 0 Å². The Hall–Kier alpha value is -1.19. The molecule has 0 spiro atoms. The Labute approximate surface area is 94.0 Å². The Morgan fingerprint density at radius 3 is 2.53 bits per heavy atom. The number of hydrogen-bond donors (Lipinski definition) is 1. The lowest BCUT2D eigenvalue weighted by atomic mass is 10.0. The summed E-state index contributed by atoms with van der Waals surface area (Å²) >= 11 is 1.70. The van der Waals surface area contributed by atoms with E-state index in [1.54, 1.807) is 11.3 Å². The van der Waals surface area contributed by atoms with Crippen LogP contribution in [0.1, 0.15) is 22.2 Å². The maximum Gasteiger partial charge on any atom is 0.0798 e. The van der Waals surface area contributed by atoms with Gasteiger partial charge in [0.05, 0.1) is 17.2 Å². The van der Waals surface area contributed by atoms with Crippen molar-refractivity contribution in [3.63, 3.8) is 0 Å². The molecule has 2 rings (SSSR count). The molecule has 1 N–H and O–H groups in total. The standard InChI is InChI=1S/C12H14N2S/c1-9-12(15-8-14-9)11(13-2)10-6-4-3-5-7-10/h3-8,11,13H,1-2H3. The molecule has 1 atom stereocenters. The molecule has 0 amide bonds. The van der Waals surface area contributed by atoms with E-state index in [1.165, 1.54) is 10.4 Å². The van der Waals surface area contributed by atoms with Gasteiger partial charge in [-0.25, -0.2) is 4.98 Å². The summed E-state index contributed by atoms with van der Waals surface area (Å²) in [7, 11) is 1.98. The van der Waals surface area contributed by atoms with Gasteiger partial charge in [0.1, 0.15) is 0 Å². The van der Waals surface area contributed by atoms with E-state index < -0.39 is 0 Å². The van der Waals surface area contributed by atoms with E-state index in [2.05, 4.69) is 41.5 Å². The van der Waals surface area contributed by atoms with Gasteiger partial charge in [0.15, 0.2) is 0 Å². The number of aryl methyl sites for hydroxylation is 1. The van der Waals surface area contributed by atoms with E-state index in [1.807, 2.05) is 18.6 Å². The van der Waals surface area contributed by atoms with Crippen molar-refractivity contribution in [1.29, 1.82) is 0 Å². The average molecular weight is 218 g/mol. The predicted molar refractivity (Wildman–Crippen MR) is 64.2 cm³/mol. The number of aromatic nitrogens is 1. The molecule has 2 aromatic rings. The first-order chi connectivity index (χ1) is 7.33. The molecular weight excluding hydrogens is 204 g/mol. The quantitative estimate of drug-likeness (QED) is 0.857. The Kier molecular flexibility index (Phi) is 3.14. The Bertz CT molecular complexity index is 422. The van der Waals surface area contributed by atoms with Crippen molar-refractivity contribution >= 4 is 11.3 Å². The van der Waals surface area contributed by atoms with Crippen molar-refractivity contribution in [3.05, 3.63) is 52.0 Å². The van der Waals surface area contributed by atoms with E-state index in [0.717, 1.165) is 5.69 Å². The fraction of sp³-hybridized carbons (Fsp3) is 0.250. The molecule has 1 aromatic carbocycles. The largest absolute Gasteiger partial charge is 0.309 e. The van der Waals surface area contributed by atoms with Crippen LogP contribution in [-0.4, -0.2) is 12.0 Å². The third-order valence-electron chi connectivity index (χ3n) is 2.47.